The Morgan fingerprint density at radius 3 is 2.63 bits per heavy atom. The summed E-state index contributed by atoms with van der Waals surface area (Å²) in [6, 6.07) is 8.23. The van der Waals surface area contributed by atoms with Gasteiger partial charge in [-0.25, -0.2) is 4.79 Å². The van der Waals surface area contributed by atoms with Crippen molar-refractivity contribution in [1.82, 2.24) is 0 Å². The Morgan fingerprint density at radius 2 is 2.00 bits per heavy atom. The molecule has 0 aliphatic carbocycles. The Hall–Kier alpha value is -1.77. The molecule has 104 valence electrons. The summed E-state index contributed by atoms with van der Waals surface area (Å²) < 4.78 is 4.82. The summed E-state index contributed by atoms with van der Waals surface area (Å²) in [5.74, 6) is -0.298. The number of esters is 1. The summed E-state index contributed by atoms with van der Waals surface area (Å²) in [5, 5.41) is 3.32. The molecule has 0 heterocycles. The molecule has 1 N–H and O–H groups in total. The van der Waals surface area contributed by atoms with Crippen molar-refractivity contribution in [1.29, 1.82) is 0 Å². The van der Waals surface area contributed by atoms with Crippen molar-refractivity contribution in [3.05, 3.63) is 42.0 Å². The number of para-hydroxylation sites is 1. The van der Waals surface area contributed by atoms with Gasteiger partial charge in [-0.15, -0.1) is 0 Å². The Kier molecular flexibility index (Phi) is 5.61. The smallest absolute Gasteiger partial charge is 0.330 e. The third kappa shape index (κ3) is 5.16. The van der Waals surface area contributed by atoms with Crippen LogP contribution in [0.4, 0.5) is 5.69 Å². The lowest BCUT2D eigenvalue weighted by atomic mass is 9.86. The Morgan fingerprint density at radius 1 is 1.32 bits per heavy atom. The number of carbonyl (C=O) groups is 1. The normalized spacial score (nSPS) is 11.6. The highest BCUT2D eigenvalue weighted by molar-refractivity contribution is 5.81. The minimum Gasteiger partial charge on any atom is -0.463 e. The number of ether oxygens (including phenoxy) is 1. The summed E-state index contributed by atoms with van der Waals surface area (Å²) in [6.07, 6.45) is 3.23. The van der Waals surface area contributed by atoms with Crippen LogP contribution in [0, 0.1) is 0 Å². The minimum absolute atomic E-state index is 0.0917. The van der Waals surface area contributed by atoms with Crippen molar-refractivity contribution in [3.63, 3.8) is 0 Å². The van der Waals surface area contributed by atoms with E-state index in [1.807, 2.05) is 12.1 Å². The van der Waals surface area contributed by atoms with Gasteiger partial charge in [0.1, 0.15) is 0 Å². The first-order valence-electron chi connectivity index (χ1n) is 6.62. The van der Waals surface area contributed by atoms with Crippen LogP contribution in [0.15, 0.2) is 36.4 Å². The average molecular weight is 261 g/mol. The predicted octanol–water partition coefficient (Wildman–Crippen LogP) is 3.52. The van der Waals surface area contributed by atoms with Gasteiger partial charge in [-0.2, -0.15) is 0 Å². The molecule has 0 amide bonds. The van der Waals surface area contributed by atoms with E-state index in [1.54, 1.807) is 13.0 Å². The zero-order valence-corrected chi connectivity index (χ0v) is 12.2. The Balaban J connectivity index is 2.61. The monoisotopic (exact) mass is 261 g/mol. The first-order valence-corrected chi connectivity index (χ1v) is 6.62. The molecule has 1 aromatic rings. The number of nitrogens with one attached hydrogen (secondary N) is 1. The summed E-state index contributed by atoms with van der Waals surface area (Å²) in [6.45, 7) is 9.35. The van der Waals surface area contributed by atoms with Crippen LogP contribution in [0.25, 0.3) is 0 Å². The molecule has 0 aliphatic rings. The van der Waals surface area contributed by atoms with Gasteiger partial charge in [-0.3, -0.25) is 0 Å². The molecule has 1 rings (SSSR count). The average Bonchev–Trinajstić information content (AvgIpc) is 2.34. The standard InChI is InChI=1S/C16H23NO2/c1-5-19-15(18)11-8-12-17-14-10-7-6-9-13(14)16(2,3)4/h6-11,17H,5,12H2,1-4H3/b11-8+. The van der Waals surface area contributed by atoms with Crippen LogP contribution in [-0.4, -0.2) is 19.1 Å². The molecule has 1 aromatic carbocycles. The third-order valence-electron chi connectivity index (χ3n) is 2.69. The maximum Gasteiger partial charge on any atom is 0.330 e. The van der Waals surface area contributed by atoms with Crippen LogP contribution in [-0.2, 0) is 14.9 Å². The fraction of sp³-hybridized carbons (Fsp3) is 0.438. The summed E-state index contributed by atoms with van der Waals surface area (Å²) in [7, 11) is 0. The van der Waals surface area contributed by atoms with Gasteiger partial charge in [-0.1, -0.05) is 45.0 Å². The first-order chi connectivity index (χ1) is 8.95. The lowest BCUT2D eigenvalue weighted by Crippen LogP contribution is -2.15. The zero-order chi connectivity index (χ0) is 14.3. The summed E-state index contributed by atoms with van der Waals surface area (Å²) in [4.78, 5) is 11.1. The second kappa shape index (κ2) is 6.98. The van der Waals surface area contributed by atoms with Crippen molar-refractivity contribution in [2.24, 2.45) is 0 Å². The molecule has 3 nitrogen and oxygen atoms in total. The molecule has 0 atom stereocenters. The zero-order valence-electron chi connectivity index (χ0n) is 12.2. The van der Waals surface area contributed by atoms with E-state index in [1.165, 1.54) is 11.6 Å². The fourth-order valence-electron chi connectivity index (χ4n) is 1.81. The number of rotatable bonds is 5. The van der Waals surface area contributed by atoms with E-state index in [-0.39, 0.29) is 11.4 Å². The van der Waals surface area contributed by atoms with Gasteiger partial charge in [0, 0.05) is 18.3 Å². The largest absolute Gasteiger partial charge is 0.463 e. The highest BCUT2D eigenvalue weighted by Gasteiger charge is 2.16. The van der Waals surface area contributed by atoms with E-state index in [0.29, 0.717) is 13.2 Å². The van der Waals surface area contributed by atoms with Crippen molar-refractivity contribution in [2.45, 2.75) is 33.1 Å². The summed E-state index contributed by atoms with van der Waals surface area (Å²) in [5.41, 5.74) is 2.46. The third-order valence-corrected chi connectivity index (χ3v) is 2.69. The minimum atomic E-state index is -0.298. The quantitative estimate of drug-likeness (QED) is 0.651. The first kappa shape index (κ1) is 15.3. The second-order valence-electron chi connectivity index (χ2n) is 5.33. The van der Waals surface area contributed by atoms with Crippen molar-refractivity contribution < 1.29 is 9.53 Å². The van der Waals surface area contributed by atoms with Crippen LogP contribution in [0.5, 0.6) is 0 Å². The van der Waals surface area contributed by atoms with Crippen LogP contribution in [0.2, 0.25) is 0 Å². The van der Waals surface area contributed by atoms with Crippen molar-refractivity contribution >= 4 is 11.7 Å². The van der Waals surface area contributed by atoms with E-state index < -0.39 is 0 Å². The van der Waals surface area contributed by atoms with E-state index in [0.717, 1.165) is 5.69 Å². The van der Waals surface area contributed by atoms with Crippen LogP contribution < -0.4 is 5.32 Å². The molecule has 0 radical (unpaired) electrons. The predicted molar refractivity (Wildman–Crippen MR) is 79.4 cm³/mol. The number of anilines is 1. The second-order valence-corrected chi connectivity index (χ2v) is 5.33. The van der Waals surface area contributed by atoms with E-state index in [4.69, 9.17) is 4.74 Å². The number of benzene rings is 1. The fourth-order valence-corrected chi connectivity index (χ4v) is 1.81. The number of hydrogen-bond acceptors (Lipinski definition) is 3. The van der Waals surface area contributed by atoms with Gasteiger partial charge >= 0.3 is 5.97 Å². The summed E-state index contributed by atoms with van der Waals surface area (Å²) >= 11 is 0. The molecule has 0 bridgehead atoms. The molecule has 0 unspecified atom stereocenters. The van der Waals surface area contributed by atoms with E-state index in [2.05, 4.69) is 38.2 Å². The van der Waals surface area contributed by atoms with Gasteiger partial charge in [0.2, 0.25) is 0 Å². The molecule has 0 fully saturated rings. The Labute approximate surface area is 115 Å². The molecule has 19 heavy (non-hydrogen) atoms. The highest BCUT2D eigenvalue weighted by atomic mass is 16.5. The molecule has 0 saturated heterocycles. The molecule has 0 aliphatic heterocycles. The molecule has 0 saturated carbocycles. The van der Waals surface area contributed by atoms with Crippen molar-refractivity contribution in [2.75, 3.05) is 18.5 Å². The van der Waals surface area contributed by atoms with Crippen LogP contribution >= 0.6 is 0 Å². The number of carbonyl (C=O) groups excluding carboxylic acids is 1. The molecule has 0 spiro atoms. The topological polar surface area (TPSA) is 38.3 Å². The molecule has 3 heteroatoms. The maximum atomic E-state index is 11.1. The van der Waals surface area contributed by atoms with Crippen LogP contribution in [0.3, 0.4) is 0 Å². The van der Waals surface area contributed by atoms with Gasteiger partial charge in [0.05, 0.1) is 6.61 Å². The highest BCUT2D eigenvalue weighted by Crippen LogP contribution is 2.28. The molecule has 0 aromatic heterocycles. The van der Waals surface area contributed by atoms with Gasteiger partial charge in [0.25, 0.3) is 0 Å². The number of hydrogen-bond donors (Lipinski definition) is 1. The van der Waals surface area contributed by atoms with Gasteiger partial charge in [-0.05, 0) is 24.0 Å². The van der Waals surface area contributed by atoms with Gasteiger partial charge < -0.3 is 10.1 Å². The lowest BCUT2D eigenvalue weighted by molar-refractivity contribution is -0.137. The lowest BCUT2D eigenvalue weighted by Gasteiger charge is -2.23. The molecular formula is C16H23NO2. The SMILES string of the molecule is CCOC(=O)/C=C/CNc1ccccc1C(C)(C)C. The van der Waals surface area contributed by atoms with E-state index >= 15 is 0 Å². The van der Waals surface area contributed by atoms with E-state index in [9.17, 15) is 4.79 Å². The Bertz CT molecular complexity index is 444. The molecular weight excluding hydrogens is 238 g/mol. The maximum absolute atomic E-state index is 11.1. The van der Waals surface area contributed by atoms with Gasteiger partial charge in [0.15, 0.2) is 0 Å². The van der Waals surface area contributed by atoms with Crippen LogP contribution in [0.1, 0.15) is 33.3 Å². The van der Waals surface area contributed by atoms with Crippen molar-refractivity contribution in [3.8, 4) is 0 Å².